The molecule has 0 spiro atoms. The molecular weight excluding hydrogens is 453 g/mol. The van der Waals surface area contributed by atoms with Crippen LogP contribution in [0.3, 0.4) is 0 Å². The fraction of sp³-hybridized carbons (Fsp3) is 0.440. The van der Waals surface area contributed by atoms with E-state index in [1.807, 2.05) is 13.8 Å². The molecule has 0 aliphatic carbocycles. The number of morpholine rings is 1. The van der Waals surface area contributed by atoms with Crippen molar-refractivity contribution in [2.45, 2.75) is 39.3 Å². The molecule has 0 radical (unpaired) electrons. The lowest BCUT2D eigenvalue weighted by Crippen LogP contribution is -2.44. The van der Waals surface area contributed by atoms with Gasteiger partial charge in [-0.05, 0) is 36.6 Å². The van der Waals surface area contributed by atoms with Gasteiger partial charge in [-0.15, -0.1) is 0 Å². The van der Waals surface area contributed by atoms with E-state index >= 15 is 0 Å². The van der Waals surface area contributed by atoms with Crippen molar-refractivity contribution in [3.8, 4) is 0 Å². The summed E-state index contributed by atoms with van der Waals surface area (Å²) in [6.07, 6.45) is 0. The maximum absolute atomic E-state index is 13.5. The van der Waals surface area contributed by atoms with Gasteiger partial charge < -0.3 is 10.1 Å². The van der Waals surface area contributed by atoms with Crippen molar-refractivity contribution in [3.05, 3.63) is 73.8 Å². The Morgan fingerprint density at radius 1 is 1.20 bits per heavy atom. The molecule has 1 saturated heterocycles. The largest absolute Gasteiger partial charge is 0.379 e. The van der Waals surface area contributed by atoms with Gasteiger partial charge in [-0.2, -0.15) is 0 Å². The molecule has 0 saturated carbocycles. The van der Waals surface area contributed by atoms with Crippen LogP contribution in [0.25, 0.3) is 11.0 Å². The lowest BCUT2D eigenvalue weighted by Gasteiger charge is -2.35. The lowest BCUT2D eigenvalue weighted by molar-refractivity contribution is 0.0162. The number of aromatic nitrogens is 3. The third-order valence-electron chi connectivity index (χ3n) is 6.32. The molecule has 10 heteroatoms. The molecule has 2 N–H and O–H groups in total. The van der Waals surface area contributed by atoms with E-state index in [0.29, 0.717) is 38.5 Å². The topological polar surface area (TPSA) is 109 Å². The second-order valence-corrected chi connectivity index (χ2v) is 8.88. The van der Waals surface area contributed by atoms with E-state index in [4.69, 9.17) is 4.74 Å². The molecule has 3 aromatic rings. The maximum Gasteiger partial charge on any atom is 0.329 e. The van der Waals surface area contributed by atoms with Crippen LogP contribution in [0.15, 0.2) is 39.9 Å². The molecule has 3 heterocycles. The van der Waals surface area contributed by atoms with Crippen molar-refractivity contribution in [1.82, 2.24) is 24.8 Å². The van der Waals surface area contributed by atoms with E-state index in [0.717, 1.165) is 5.56 Å². The molecule has 0 bridgehead atoms. The Kier molecular flexibility index (Phi) is 7.42. The zero-order valence-electron chi connectivity index (χ0n) is 20.1. The second kappa shape index (κ2) is 10.5. The number of halogens is 1. The van der Waals surface area contributed by atoms with Gasteiger partial charge in [0.2, 0.25) is 0 Å². The summed E-state index contributed by atoms with van der Waals surface area (Å²) < 4.78 is 20.4. The molecule has 1 unspecified atom stereocenters. The van der Waals surface area contributed by atoms with E-state index in [9.17, 15) is 18.8 Å². The zero-order chi connectivity index (χ0) is 25.1. The maximum atomic E-state index is 13.5. The normalized spacial score (nSPS) is 15.5. The quantitative estimate of drug-likeness (QED) is 0.533. The molecule has 1 fully saturated rings. The summed E-state index contributed by atoms with van der Waals surface area (Å²) in [5.74, 6) is -0.790. The summed E-state index contributed by atoms with van der Waals surface area (Å²) in [6, 6.07) is 7.65. The highest BCUT2D eigenvalue weighted by Gasteiger charge is 2.25. The summed E-state index contributed by atoms with van der Waals surface area (Å²) in [7, 11) is 0. The van der Waals surface area contributed by atoms with Crippen LogP contribution >= 0.6 is 0 Å². The molecule has 186 valence electrons. The molecule has 1 aromatic carbocycles. The van der Waals surface area contributed by atoms with E-state index in [1.165, 1.54) is 16.7 Å². The Labute approximate surface area is 201 Å². The van der Waals surface area contributed by atoms with Crippen LogP contribution in [-0.2, 0) is 11.3 Å². The lowest BCUT2D eigenvalue weighted by atomic mass is 10.0. The number of ether oxygens (including phenoxy) is 1. The monoisotopic (exact) mass is 483 g/mol. The van der Waals surface area contributed by atoms with E-state index < -0.39 is 17.2 Å². The molecule has 2 aromatic heterocycles. The fourth-order valence-electron chi connectivity index (χ4n) is 4.38. The summed E-state index contributed by atoms with van der Waals surface area (Å²) in [5.41, 5.74) is 0.633. The van der Waals surface area contributed by atoms with E-state index in [1.54, 1.807) is 25.1 Å². The van der Waals surface area contributed by atoms with Gasteiger partial charge in [0.1, 0.15) is 5.82 Å². The van der Waals surface area contributed by atoms with Gasteiger partial charge in [-0.3, -0.25) is 24.0 Å². The number of nitrogens with one attached hydrogen (secondary N) is 2. The molecule has 4 rings (SSSR count). The van der Waals surface area contributed by atoms with Crippen molar-refractivity contribution in [3.63, 3.8) is 0 Å². The van der Waals surface area contributed by atoms with Crippen LogP contribution in [0.4, 0.5) is 4.39 Å². The smallest absolute Gasteiger partial charge is 0.329 e. The van der Waals surface area contributed by atoms with E-state index in [-0.39, 0.29) is 40.9 Å². The zero-order valence-corrected chi connectivity index (χ0v) is 20.1. The molecule has 9 nitrogen and oxygen atoms in total. The van der Waals surface area contributed by atoms with Crippen LogP contribution in [0, 0.1) is 5.82 Å². The Morgan fingerprint density at radius 3 is 2.51 bits per heavy atom. The van der Waals surface area contributed by atoms with Gasteiger partial charge in [0, 0.05) is 31.9 Å². The minimum absolute atomic E-state index is 0.0223. The first-order valence-corrected chi connectivity index (χ1v) is 11.8. The number of benzene rings is 1. The number of carbonyl (C=O) groups excluding carboxylic acids is 1. The third-order valence-corrected chi connectivity index (χ3v) is 6.32. The van der Waals surface area contributed by atoms with Gasteiger partial charge >= 0.3 is 5.69 Å². The Bertz CT molecular complexity index is 1330. The van der Waals surface area contributed by atoms with Crippen LogP contribution in [0.1, 0.15) is 54.3 Å². The Morgan fingerprint density at radius 2 is 1.89 bits per heavy atom. The minimum Gasteiger partial charge on any atom is -0.379 e. The van der Waals surface area contributed by atoms with Crippen LogP contribution in [0.5, 0.6) is 0 Å². The van der Waals surface area contributed by atoms with Crippen molar-refractivity contribution >= 4 is 16.9 Å². The standard InChI is InChI=1S/C25H30FN5O4/c1-4-31-22-21(24(33)29-25(31)34)18(13-19(28-22)15(2)3)23(32)27-14-20(30-9-11-35-12-10-30)16-5-7-17(26)8-6-16/h5-8,13,15,20H,4,9-12,14H2,1-3H3,(H,27,32)(H,29,33,34). The average molecular weight is 484 g/mol. The number of nitrogens with zero attached hydrogens (tertiary/aromatic N) is 3. The van der Waals surface area contributed by atoms with Crippen LogP contribution in [-0.4, -0.2) is 58.2 Å². The summed E-state index contributed by atoms with van der Waals surface area (Å²) in [5, 5.41) is 3.05. The summed E-state index contributed by atoms with van der Waals surface area (Å²) in [4.78, 5) is 47.6. The first-order chi connectivity index (χ1) is 16.8. The number of hydrogen-bond acceptors (Lipinski definition) is 6. The van der Waals surface area contributed by atoms with Gasteiger partial charge in [-0.25, -0.2) is 14.2 Å². The predicted octanol–water partition coefficient (Wildman–Crippen LogP) is 2.17. The SMILES string of the molecule is CCn1c(=O)[nH]c(=O)c2c(C(=O)NCC(c3ccc(F)cc3)N3CCOCC3)cc(C(C)C)nc21. The van der Waals surface area contributed by atoms with E-state index in [2.05, 4.69) is 20.2 Å². The summed E-state index contributed by atoms with van der Waals surface area (Å²) in [6.45, 7) is 8.68. The third kappa shape index (κ3) is 5.18. The molecule has 1 aliphatic rings. The average Bonchev–Trinajstić information content (AvgIpc) is 2.85. The molecular formula is C25H30FN5O4. The number of amides is 1. The Balaban J connectivity index is 1.71. The van der Waals surface area contributed by atoms with Gasteiger partial charge in [-0.1, -0.05) is 26.0 Å². The minimum atomic E-state index is -0.647. The highest BCUT2D eigenvalue weighted by molar-refractivity contribution is 6.05. The fourth-order valence-corrected chi connectivity index (χ4v) is 4.38. The number of rotatable bonds is 7. The molecule has 1 amide bonds. The Hall–Kier alpha value is -3.37. The van der Waals surface area contributed by atoms with Gasteiger partial charge in [0.25, 0.3) is 11.5 Å². The van der Waals surface area contributed by atoms with Crippen LogP contribution in [0.2, 0.25) is 0 Å². The number of H-pyrrole nitrogens is 1. The number of aryl methyl sites for hydroxylation is 1. The van der Waals surface area contributed by atoms with Crippen LogP contribution < -0.4 is 16.6 Å². The molecule has 1 aliphatic heterocycles. The summed E-state index contributed by atoms with van der Waals surface area (Å²) >= 11 is 0. The number of hydrogen-bond donors (Lipinski definition) is 2. The number of pyridine rings is 1. The number of carbonyl (C=O) groups is 1. The van der Waals surface area contributed by atoms with Crippen molar-refractivity contribution in [1.29, 1.82) is 0 Å². The van der Waals surface area contributed by atoms with Crippen molar-refractivity contribution in [2.24, 2.45) is 0 Å². The highest BCUT2D eigenvalue weighted by Crippen LogP contribution is 2.23. The predicted molar refractivity (Wildman–Crippen MR) is 130 cm³/mol. The molecule has 35 heavy (non-hydrogen) atoms. The first kappa shape index (κ1) is 24.7. The van der Waals surface area contributed by atoms with Crippen molar-refractivity contribution in [2.75, 3.05) is 32.8 Å². The molecule has 1 atom stereocenters. The van der Waals surface area contributed by atoms with Gasteiger partial charge in [0.15, 0.2) is 5.65 Å². The van der Waals surface area contributed by atoms with Crippen molar-refractivity contribution < 1.29 is 13.9 Å². The number of fused-ring (bicyclic) bond motifs is 1. The highest BCUT2D eigenvalue weighted by atomic mass is 19.1. The first-order valence-electron chi connectivity index (χ1n) is 11.8. The van der Waals surface area contributed by atoms with Gasteiger partial charge in [0.05, 0.1) is 30.2 Å². The second-order valence-electron chi connectivity index (χ2n) is 8.88. The number of aromatic amines is 1.